The van der Waals surface area contributed by atoms with Gasteiger partial charge in [0.15, 0.2) is 0 Å². The maximum atomic E-state index is 13.3. The van der Waals surface area contributed by atoms with Crippen LogP contribution in [-0.2, 0) is 11.2 Å². The lowest BCUT2D eigenvalue weighted by Crippen LogP contribution is -2.52. The van der Waals surface area contributed by atoms with Crippen LogP contribution in [0.2, 0.25) is 5.02 Å². The summed E-state index contributed by atoms with van der Waals surface area (Å²) in [5, 5.41) is 6.94. The maximum absolute atomic E-state index is 13.3. The summed E-state index contributed by atoms with van der Waals surface area (Å²) >= 11 is 5.81. The van der Waals surface area contributed by atoms with Crippen molar-refractivity contribution in [3.63, 3.8) is 0 Å². The van der Waals surface area contributed by atoms with Crippen LogP contribution in [0.1, 0.15) is 50.5 Å². The Balaban J connectivity index is 1.31. The van der Waals surface area contributed by atoms with Crippen LogP contribution in [0.15, 0.2) is 18.2 Å². The minimum absolute atomic E-state index is 0.0638. The van der Waals surface area contributed by atoms with Crippen LogP contribution in [0, 0.1) is 11.7 Å². The number of carbonyl (C=O) groups excluding carboxylic acids is 1. The van der Waals surface area contributed by atoms with Crippen LogP contribution in [0.4, 0.5) is 4.39 Å². The molecule has 0 aromatic heterocycles. The second-order valence-corrected chi connectivity index (χ2v) is 7.72. The topological polar surface area (TPSA) is 41.1 Å². The fourth-order valence-corrected chi connectivity index (χ4v) is 4.11. The van der Waals surface area contributed by atoms with Gasteiger partial charge in [-0.05, 0) is 55.5 Å². The molecule has 2 N–H and O–H groups in total. The first-order chi connectivity index (χ1) is 11.6. The standard InChI is InChI=1S/C19H26ClFN2O/c20-15-7-14(8-16(21)10-15)9-19(24)23-18-11-17(12-18)22-6-5-13-3-1-2-4-13/h7-8,10,13,17-18,22H,1-6,9,11-12H2,(H,23,24)/t17-,18-. The predicted octanol–water partition coefficient (Wildman–Crippen LogP) is 3.84. The summed E-state index contributed by atoms with van der Waals surface area (Å²) in [4.78, 5) is 12.0. The molecule has 5 heteroatoms. The highest BCUT2D eigenvalue weighted by atomic mass is 35.5. The van der Waals surface area contributed by atoms with Gasteiger partial charge in [0.05, 0.1) is 6.42 Å². The molecule has 0 radical (unpaired) electrons. The summed E-state index contributed by atoms with van der Waals surface area (Å²) in [6.07, 6.45) is 9.03. The highest BCUT2D eigenvalue weighted by Crippen LogP contribution is 2.27. The van der Waals surface area contributed by atoms with Crippen LogP contribution in [-0.4, -0.2) is 24.5 Å². The smallest absolute Gasteiger partial charge is 0.224 e. The fraction of sp³-hybridized carbons (Fsp3) is 0.632. The van der Waals surface area contributed by atoms with E-state index in [2.05, 4.69) is 10.6 Å². The summed E-state index contributed by atoms with van der Waals surface area (Å²) in [6.45, 7) is 1.10. The molecular formula is C19H26ClFN2O. The molecule has 0 heterocycles. The summed E-state index contributed by atoms with van der Waals surface area (Å²) in [5.74, 6) is 0.456. The largest absolute Gasteiger partial charge is 0.353 e. The number of halogens is 2. The second kappa shape index (κ2) is 8.30. The van der Waals surface area contributed by atoms with Crippen molar-refractivity contribution in [2.24, 2.45) is 5.92 Å². The van der Waals surface area contributed by atoms with E-state index < -0.39 is 5.82 Å². The lowest BCUT2D eigenvalue weighted by molar-refractivity contribution is -0.121. The number of amides is 1. The number of benzene rings is 1. The van der Waals surface area contributed by atoms with Crippen molar-refractivity contribution in [2.45, 2.75) is 63.5 Å². The maximum Gasteiger partial charge on any atom is 0.224 e. The van der Waals surface area contributed by atoms with E-state index in [0.29, 0.717) is 16.6 Å². The average molecular weight is 353 g/mol. The summed E-state index contributed by atoms with van der Waals surface area (Å²) < 4.78 is 13.3. The molecule has 0 saturated heterocycles. The van der Waals surface area contributed by atoms with E-state index in [-0.39, 0.29) is 18.4 Å². The van der Waals surface area contributed by atoms with Crippen LogP contribution in [0.25, 0.3) is 0 Å². The van der Waals surface area contributed by atoms with Crippen LogP contribution in [0.5, 0.6) is 0 Å². The lowest BCUT2D eigenvalue weighted by Gasteiger charge is -2.36. The molecule has 0 unspecified atom stereocenters. The van der Waals surface area contributed by atoms with Crippen molar-refractivity contribution >= 4 is 17.5 Å². The number of rotatable bonds is 7. The molecule has 24 heavy (non-hydrogen) atoms. The SMILES string of the molecule is O=C(Cc1cc(F)cc(Cl)c1)N[C@H]1C[C@H](NCCC2CCCC2)C1. The Morgan fingerprint density at radius 2 is 1.92 bits per heavy atom. The molecule has 0 spiro atoms. The van der Waals surface area contributed by atoms with Crippen molar-refractivity contribution in [3.8, 4) is 0 Å². The lowest BCUT2D eigenvalue weighted by atomic mass is 9.86. The van der Waals surface area contributed by atoms with E-state index in [0.717, 1.165) is 25.3 Å². The molecule has 1 amide bonds. The van der Waals surface area contributed by atoms with E-state index in [4.69, 9.17) is 11.6 Å². The monoisotopic (exact) mass is 352 g/mol. The molecular weight excluding hydrogens is 327 g/mol. The van der Waals surface area contributed by atoms with Gasteiger partial charge in [0.25, 0.3) is 0 Å². The van der Waals surface area contributed by atoms with Gasteiger partial charge in [0.2, 0.25) is 5.91 Å². The number of hydrogen-bond acceptors (Lipinski definition) is 2. The molecule has 0 atom stereocenters. The molecule has 3 nitrogen and oxygen atoms in total. The van der Waals surface area contributed by atoms with Crippen molar-refractivity contribution < 1.29 is 9.18 Å². The van der Waals surface area contributed by atoms with E-state index >= 15 is 0 Å². The molecule has 0 aliphatic heterocycles. The Morgan fingerprint density at radius 1 is 1.17 bits per heavy atom. The predicted molar refractivity (Wildman–Crippen MR) is 94.6 cm³/mol. The van der Waals surface area contributed by atoms with Gasteiger partial charge in [-0.15, -0.1) is 0 Å². The van der Waals surface area contributed by atoms with E-state index in [1.807, 2.05) is 0 Å². The first-order valence-corrected chi connectivity index (χ1v) is 9.44. The minimum atomic E-state index is -0.402. The van der Waals surface area contributed by atoms with Gasteiger partial charge in [0.1, 0.15) is 5.82 Å². The summed E-state index contributed by atoms with van der Waals surface area (Å²) in [7, 11) is 0. The first-order valence-electron chi connectivity index (χ1n) is 9.06. The Morgan fingerprint density at radius 3 is 2.62 bits per heavy atom. The molecule has 0 bridgehead atoms. The Kier molecular flexibility index (Phi) is 6.12. The summed E-state index contributed by atoms with van der Waals surface area (Å²) in [6, 6.07) is 5.01. The van der Waals surface area contributed by atoms with Gasteiger partial charge in [0, 0.05) is 17.1 Å². The van der Waals surface area contributed by atoms with Crippen molar-refractivity contribution in [1.82, 2.24) is 10.6 Å². The third-order valence-corrected chi connectivity index (χ3v) is 5.47. The van der Waals surface area contributed by atoms with Crippen molar-refractivity contribution in [1.29, 1.82) is 0 Å². The van der Waals surface area contributed by atoms with Crippen LogP contribution >= 0.6 is 11.6 Å². The zero-order valence-corrected chi connectivity index (χ0v) is 14.7. The van der Waals surface area contributed by atoms with Gasteiger partial charge in [-0.25, -0.2) is 4.39 Å². The molecule has 2 aliphatic carbocycles. The van der Waals surface area contributed by atoms with Crippen molar-refractivity contribution in [3.05, 3.63) is 34.6 Å². The Bertz CT molecular complexity index is 548. The van der Waals surface area contributed by atoms with E-state index in [1.54, 1.807) is 6.07 Å². The average Bonchev–Trinajstić information content (AvgIpc) is 2.96. The third kappa shape index (κ3) is 5.18. The number of hydrogen-bond donors (Lipinski definition) is 2. The minimum Gasteiger partial charge on any atom is -0.353 e. The molecule has 2 saturated carbocycles. The third-order valence-electron chi connectivity index (χ3n) is 5.25. The van der Waals surface area contributed by atoms with Gasteiger partial charge in [-0.3, -0.25) is 4.79 Å². The quantitative estimate of drug-likeness (QED) is 0.782. The molecule has 3 rings (SSSR count). The van der Waals surface area contributed by atoms with Crippen molar-refractivity contribution in [2.75, 3.05) is 6.54 Å². The molecule has 132 valence electrons. The van der Waals surface area contributed by atoms with Gasteiger partial charge in [-0.2, -0.15) is 0 Å². The molecule has 1 aromatic rings. The zero-order valence-electron chi connectivity index (χ0n) is 14.0. The first kappa shape index (κ1) is 17.7. The van der Waals surface area contributed by atoms with E-state index in [1.165, 1.54) is 44.2 Å². The van der Waals surface area contributed by atoms with Gasteiger partial charge < -0.3 is 10.6 Å². The second-order valence-electron chi connectivity index (χ2n) is 7.28. The van der Waals surface area contributed by atoms with Gasteiger partial charge in [-0.1, -0.05) is 37.3 Å². The highest BCUT2D eigenvalue weighted by Gasteiger charge is 2.29. The fourth-order valence-electron chi connectivity index (χ4n) is 3.87. The molecule has 2 fully saturated rings. The van der Waals surface area contributed by atoms with Crippen LogP contribution in [0.3, 0.4) is 0 Å². The Labute approximate surface area is 148 Å². The summed E-state index contributed by atoms with van der Waals surface area (Å²) in [5.41, 5.74) is 0.614. The normalized spacial score (nSPS) is 23.9. The molecule has 1 aromatic carbocycles. The highest BCUT2D eigenvalue weighted by molar-refractivity contribution is 6.30. The number of carbonyl (C=O) groups is 1. The molecule has 2 aliphatic rings. The van der Waals surface area contributed by atoms with Gasteiger partial charge >= 0.3 is 0 Å². The van der Waals surface area contributed by atoms with E-state index in [9.17, 15) is 9.18 Å². The zero-order chi connectivity index (χ0) is 16.9. The Hall–Kier alpha value is -1.13. The number of nitrogens with one attached hydrogen (secondary N) is 2. The van der Waals surface area contributed by atoms with Crippen LogP contribution < -0.4 is 10.6 Å².